The van der Waals surface area contributed by atoms with Gasteiger partial charge < -0.3 is 10.6 Å². The van der Waals surface area contributed by atoms with E-state index in [0.29, 0.717) is 12.0 Å². The van der Waals surface area contributed by atoms with Gasteiger partial charge in [-0.15, -0.1) is 5.10 Å². The van der Waals surface area contributed by atoms with Crippen molar-refractivity contribution in [3.05, 3.63) is 17.8 Å². The molecular formula is C10H16N4. The molecule has 0 aliphatic carbocycles. The minimum Gasteiger partial charge on any atom is -0.363 e. The van der Waals surface area contributed by atoms with E-state index in [4.69, 9.17) is 0 Å². The van der Waals surface area contributed by atoms with Crippen LogP contribution in [0.4, 0.5) is 5.82 Å². The lowest BCUT2D eigenvalue weighted by Crippen LogP contribution is -2.51. The fourth-order valence-corrected chi connectivity index (χ4v) is 1.33. The minimum atomic E-state index is 0.446. The smallest absolute Gasteiger partial charge is 0.148 e. The number of nitrogens with zero attached hydrogens (tertiary/aromatic N) is 2. The quantitative estimate of drug-likeness (QED) is 0.749. The van der Waals surface area contributed by atoms with Crippen LogP contribution in [-0.2, 0) is 0 Å². The van der Waals surface area contributed by atoms with E-state index < -0.39 is 0 Å². The molecule has 0 radical (unpaired) electrons. The second kappa shape index (κ2) is 3.92. The van der Waals surface area contributed by atoms with Crippen molar-refractivity contribution in [3.63, 3.8) is 0 Å². The van der Waals surface area contributed by atoms with E-state index in [1.54, 1.807) is 0 Å². The van der Waals surface area contributed by atoms with Gasteiger partial charge in [0, 0.05) is 13.1 Å². The van der Waals surface area contributed by atoms with Gasteiger partial charge in [-0.1, -0.05) is 13.8 Å². The molecule has 2 N–H and O–H groups in total. The van der Waals surface area contributed by atoms with Crippen molar-refractivity contribution in [1.29, 1.82) is 0 Å². The molecule has 14 heavy (non-hydrogen) atoms. The molecule has 1 aromatic heterocycles. The first-order valence-corrected chi connectivity index (χ1v) is 5.06. The van der Waals surface area contributed by atoms with Crippen LogP contribution in [0.1, 0.15) is 25.5 Å². The molecule has 0 aromatic carbocycles. The van der Waals surface area contributed by atoms with Crippen molar-refractivity contribution >= 4 is 5.82 Å². The van der Waals surface area contributed by atoms with Gasteiger partial charge in [0.05, 0.1) is 11.7 Å². The summed E-state index contributed by atoms with van der Waals surface area (Å²) in [6.45, 7) is 6.28. The summed E-state index contributed by atoms with van der Waals surface area (Å²) in [6, 6.07) is 4.56. The molecule has 4 heteroatoms. The number of nitrogens with one attached hydrogen (secondary N) is 2. The van der Waals surface area contributed by atoms with Gasteiger partial charge in [-0.2, -0.15) is 5.10 Å². The highest BCUT2D eigenvalue weighted by molar-refractivity contribution is 5.35. The van der Waals surface area contributed by atoms with Crippen molar-refractivity contribution in [2.45, 2.75) is 25.8 Å². The monoisotopic (exact) mass is 192 g/mol. The Morgan fingerprint density at radius 1 is 1.36 bits per heavy atom. The third-order valence-electron chi connectivity index (χ3n) is 2.41. The zero-order chi connectivity index (χ0) is 9.97. The van der Waals surface area contributed by atoms with Crippen LogP contribution in [0.5, 0.6) is 0 Å². The topological polar surface area (TPSA) is 49.8 Å². The Labute approximate surface area is 84.1 Å². The fraction of sp³-hybridized carbons (Fsp3) is 0.600. The SMILES string of the molecule is CC(C)c1ccc(NC2CNC2)nn1. The maximum atomic E-state index is 4.16. The molecule has 0 bridgehead atoms. The van der Waals surface area contributed by atoms with Crippen molar-refractivity contribution in [1.82, 2.24) is 15.5 Å². The molecule has 1 fully saturated rings. The van der Waals surface area contributed by atoms with Crippen LogP contribution >= 0.6 is 0 Å². The van der Waals surface area contributed by atoms with E-state index in [9.17, 15) is 0 Å². The lowest BCUT2D eigenvalue weighted by atomic mass is 10.1. The summed E-state index contributed by atoms with van der Waals surface area (Å²) in [5.74, 6) is 1.32. The Bertz CT molecular complexity index is 289. The van der Waals surface area contributed by atoms with E-state index in [2.05, 4.69) is 34.7 Å². The van der Waals surface area contributed by atoms with E-state index in [1.807, 2.05) is 12.1 Å². The third kappa shape index (κ3) is 2.01. The molecule has 1 aliphatic rings. The summed E-state index contributed by atoms with van der Waals surface area (Å²) in [7, 11) is 0. The van der Waals surface area contributed by atoms with Crippen LogP contribution in [0, 0.1) is 0 Å². The van der Waals surface area contributed by atoms with Crippen LogP contribution < -0.4 is 10.6 Å². The summed E-state index contributed by atoms with van der Waals surface area (Å²) in [6.07, 6.45) is 0. The maximum Gasteiger partial charge on any atom is 0.148 e. The molecule has 0 amide bonds. The van der Waals surface area contributed by atoms with E-state index in [-0.39, 0.29) is 0 Å². The zero-order valence-electron chi connectivity index (χ0n) is 8.62. The van der Waals surface area contributed by atoms with Gasteiger partial charge in [0.25, 0.3) is 0 Å². The van der Waals surface area contributed by atoms with Gasteiger partial charge >= 0.3 is 0 Å². The predicted octanol–water partition coefficient (Wildman–Crippen LogP) is 0.984. The minimum absolute atomic E-state index is 0.446. The van der Waals surface area contributed by atoms with Crippen LogP contribution in [-0.4, -0.2) is 29.3 Å². The largest absolute Gasteiger partial charge is 0.363 e. The first kappa shape index (κ1) is 9.40. The summed E-state index contributed by atoms with van der Waals surface area (Å²) >= 11 is 0. The fourth-order valence-electron chi connectivity index (χ4n) is 1.33. The molecule has 0 atom stereocenters. The number of hydrogen-bond acceptors (Lipinski definition) is 4. The molecule has 0 saturated carbocycles. The van der Waals surface area contributed by atoms with Crippen LogP contribution in [0.25, 0.3) is 0 Å². The molecule has 2 rings (SSSR count). The van der Waals surface area contributed by atoms with Gasteiger partial charge in [-0.3, -0.25) is 0 Å². The van der Waals surface area contributed by atoms with Gasteiger partial charge in [-0.05, 0) is 18.1 Å². The Morgan fingerprint density at radius 3 is 2.57 bits per heavy atom. The van der Waals surface area contributed by atoms with Gasteiger partial charge in [0.2, 0.25) is 0 Å². The second-order valence-electron chi connectivity index (χ2n) is 4.00. The van der Waals surface area contributed by atoms with E-state index >= 15 is 0 Å². The highest BCUT2D eigenvalue weighted by Gasteiger charge is 2.16. The molecule has 4 nitrogen and oxygen atoms in total. The molecule has 1 aliphatic heterocycles. The molecule has 0 unspecified atom stereocenters. The zero-order valence-corrected chi connectivity index (χ0v) is 8.62. The first-order valence-electron chi connectivity index (χ1n) is 5.06. The maximum absolute atomic E-state index is 4.16. The van der Waals surface area contributed by atoms with Gasteiger partial charge in [0.15, 0.2) is 0 Å². The van der Waals surface area contributed by atoms with Gasteiger partial charge in [0.1, 0.15) is 5.82 Å². The number of hydrogen-bond donors (Lipinski definition) is 2. The third-order valence-corrected chi connectivity index (χ3v) is 2.41. The highest BCUT2D eigenvalue weighted by atomic mass is 15.2. The Morgan fingerprint density at radius 2 is 2.14 bits per heavy atom. The molecule has 76 valence electrons. The first-order chi connectivity index (χ1) is 6.75. The number of rotatable bonds is 3. The lowest BCUT2D eigenvalue weighted by Gasteiger charge is -2.28. The van der Waals surface area contributed by atoms with Crippen molar-refractivity contribution < 1.29 is 0 Å². The average molecular weight is 192 g/mol. The predicted molar refractivity (Wildman–Crippen MR) is 56.4 cm³/mol. The summed E-state index contributed by atoms with van der Waals surface area (Å²) < 4.78 is 0. The van der Waals surface area contributed by atoms with Crippen molar-refractivity contribution in [3.8, 4) is 0 Å². The van der Waals surface area contributed by atoms with Crippen molar-refractivity contribution in [2.24, 2.45) is 0 Å². The molecule has 1 aromatic rings. The molecule has 0 spiro atoms. The van der Waals surface area contributed by atoms with E-state index in [0.717, 1.165) is 24.6 Å². The molecule has 2 heterocycles. The Hall–Kier alpha value is -1.16. The summed E-state index contributed by atoms with van der Waals surface area (Å²) in [4.78, 5) is 0. The van der Waals surface area contributed by atoms with E-state index in [1.165, 1.54) is 0 Å². The Kier molecular flexibility index (Phi) is 2.63. The second-order valence-corrected chi connectivity index (χ2v) is 4.00. The van der Waals surface area contributed by atoms with Crippen LogP contribution in [0.15, 0.2) is 12.1 Å². The Balaban J connectivity index is 1.98. The number of aromatic nitrogens is 2. The van der Waals surface area contributed by atoms with Gasteiger partial charge in [-0.25, -0.2) is 0 Å². The standard InChI is InChI=1S/C10H16N4/c1-7(2)9-3-4-10(14-13-9)12-8-5-11-6-8/h3-4,7-8,11H,5-6H2,1-2H3,(H,12,14). The normalized spacial score (nSPS) is 16.8. The molecular weight excluding hydrogens is 176 g/mol. The highest BCUT2D eigenvalue weighted by Crippen LogP contribution is 2.12. The number of anilines is 1. The van der Waals surface area contributed by atoms with Crippen LogP contribution in [0.2, 0.25) is 0 Å². The average Bonchev–Trinajstić information content (AvgIpc) is 2.12. The summed E-state index contributed by atoms with van der Waals surface area (Å²) in [5, 5.41) is 14.8. The van der Waals surface area contributed by atoms with Crippen molar-refractivity contribution in [2.75, 3.05) is 18.4 Å². The lowest BCUT2D eigenvalue weighted by molar-refractivity contribution is 0.470. The van der Waals surface area contributed by atoms with Crippen LogP contribution in [0.3, 0.4) is 0 Å². The summed E-state index contributed by atoms with van der Waals surface area (Å²) in [5.41, 5.74) is 1.04. The molecule has 1 saturated heterocycles.